The fourth-order valence-corrected chi connectivity index (χ4v) is 5.75. The lowest BCUT2D eigenvalue weighted by molar-refractivity contribution is -0.138. The minimum absolute atomic E-state index is 0.0449. The van der Waals surface area contributed by atoms with E-state index in [0.29, 0.717) is 36.9 Å². The highest BCUT2D eigenvalue weighted by molar-refractivity contribution is 5.99. The summed E-state index contributed by atoms with van der Waals surface area (Å²) in [5.41, 5.74) is 1.66. The van der Waals surface area contributed by atoms with Crippen LogP contribution in [0.2, 0.25) is 0 Å². The van der Waals surface area contributed by atoms with Gasteiger partial charge in [-0.25, -0.2) is 0 Å². The summed E-state index contributed by atoms with van der Waals surface area (Å²) in [6, 6.07) is 7.25. The van der Waals surface area contributed by atoms with Gasteiger partial charge in [0, 0.05) is 18.2 Å². The van der Waals surface area contributed by atoms with Gasteiger partial charge >= 0.3 is 0 Å². The Kier molecular flexibility index (Phi) is 7.67. The molecule has 192 valence electrons. The normalized spacial score (nSPS) is 24.6. The van der Waals surface area contributed by atoms with Crippen molar-refractivity contribution in [3.05, 3.63) is 35.4 Å². The molecule has 0 radical (unpaired) electrons. The van der Waals surface area contributed by atoms with E-state index in [9.17, 15) is 14.4 Å². The summed E-state index contributed by atoms with van der Waals surface area (Å²) in [6.07, 6.45) is 3.21. The topological polar surface area (TPSA) is 79.0 Å². The number of carbonyl (C=O) groups is 3. The minimum atomic E-state index is -0.685. The molecule has 0 aromatic heterocycles. The van der Waals surface area contributed by atoms with E-state index in [1.807, 2.05) is 12.1 Å². The first-order valence-electron chi connectivity index (χ1n) is 13.1. The lowest BCUT2D eigenvalue weighted by atomic mass is 9.87. The van der Waals surface area contributed by atoms with Crippen LogP contribution in [0.5, 0.6) is 0 Å². The van der Waals surface area contributed by atoms with Gasteiger partial charge in [0.25, 0.3) is 5.91 Å². The van der Waals surface area contributed by atoms with Crippen molar-refractivity contribution in [3.8, 4) is 0 Å². The van der Waals surface area contributed by atoms with Gasteiger partial charge in [0.2, 0.25) is 5.91 Å². The van der Waals surface area contributed by atoms with Crippen LogP contribution in [0.4, 0.5) is 0 Å². The van der Waals surface area contributed by atoms with Crippen LogP contribution in [0.3, 0.4) is 0 Å². The van der Waals surface area contributed by atoms with Crippen LogP contribution in [-0.2, 0) is 14.3 Å². The molecule has 1 aromatic rings. The number of ketones is 1. The van der Waals surface area contributed by atoms with E-state index in [1.165, 1.54) is 5.56 Å². The Morgan fingerprint density at radius 1 is 1.06 bits per heavy atom. The Labute approximate surface area is 209 Å². The Morgan fingerprint density at radius 2 is 1.71 bits per heavy atom. The van der Waals surface area contributed by atoms with Gasteiger partial charge in [-0.1, -0.05) is 32.9 Å². The molecular weight excluding hydrogens is 442 g/mol. The Balaban J connectivity index is 1.42. The smallest absolute Gasteiger partial charge is 0.251 e. The van der Waals surface area contributed by atoms with Gasteiger partial charge in [-0.15, -0.1) is 0 Å². The summed E-state index contributed by atoms with van der Waals surface area (Å²) in [4.78, 5) is 43.2. The molecule has 1 unspecified atom stereocenters. The standard InChI is InChI=1S/C28H41N3O4/c1-18(2)30-13-10-20(11-14-30)19-6-8-21(9-7-19)26(33)29-22(16-28(3,4)5)27(34)31-15-12-24-25(31)23(32)17-35-24/h6-9,18,20,22,24-25H,10-17H2,1-5H3,(H,29,33)/t22?,24-,25-/m1/s1. The van der Waals surface area contributed by atoms with Crippen molar-refractivity contribution < 1.29 is 19.1 Å². The number of nitrogens with one attached hydrogen (secondary N) is 1. The van der Waals surface area contributed by atoms with Gasteiger partial charge in [0.1, 0.15) is 18.7 Å². The maximum atomic E-state index is 13.5. The van der Waals surface area contributed by atoms with Gasteiger partial charge in [0.05, 0.1) is 6.10 Å². The van der Waals surface area contributed by atoms with Crippen molar-refractivity contribution in [3.63, 3.8) is 0 Å². The SMILES string of the molecule is CC(C)N1CCC(c2ccc(C(=O)NC(CC(C)(C)C)C(=O)N3CC[C@H]4OCC(=O)[C@H]43)cc2)CC1. The number of ether oxygens (including phenoxy) is 1. The molecule has 3 heterocycles. The molecule has 3 aliphatic heterocycles. The van der Waals surface area contributed by atoms with Crippen molar-refractivity contribution in [1.82, 2.24) is 15.1 Å². The average molecular weight is 484 g/mol. The van der Waals surface area contributed by atoms with E-state index >= 15 is 0 Å². The highest BCUT2D eigenvalue weighted by atomic mass is 16.5. The molecule has 3 saturated heterocycles. The molecule has 4 rings (SSSR count). The van der Waals surface area contributed by atoms with Crippen LogP contribution in [0, 0.1) is 5.41 Å². The van der Waals surface area contributed by atoms with E-state index in [1.54, 1.807) is 4.90 Å². The maximum Gasteiger partial charge on any atom is 0.251 e. The second-order valence-corrected chi connectivity index (χ2v) is 11.9. The van der Waals surface area contributed by atoms with E-state index < -0.39 is 12.1 Å². The summed E-state index contributed by atoms with van der Waals surface area (Å²) < 4.78 is 5.55. The molecule has 0 saturated carbocycles. The summed E-state index contributed by atoms with van der Waals surface area (Å²) in [7, 11) is 0. The number of Topliss-reactive ketones (excluding diaryl/α,β-unsaturated/α-hetero) is 1. The monoisotopic (exact) mass is 483 g/mol. The van der Waals surface area contributed by atoms with Crippen LogP contribution in [0.15, 0.2) is 24.3 Å². The second kappa shape index (κ2) is 10.4. The molecule has 35 heavy (non-hydrogen) atoms. The molecule has 0 aliphatic carbocycles. The first-order valence-corrected chi connectivity index (χ1v) is 13.1. The zero-order valence-corrected chi connectivity index (χ0v) is 21.9. The van der Waals surface area contributed by atoms with Gasteiger partial charge in [-0.3, -0.25) is 14.4 Å². The third-order valence-electron chi connectivity index (χ3n) is 7.72. The molecule has 0 spiro atoms. The Morgan fingerprint density at radius 3 is 2.31 bits per heavy atom. The summed E-state index contributed by atoms with van der Waals surface area (Å²) in [5, 5.41) is 2.99. The van der Waals surface area contributed by atoms with Crippen LogP contribution in [-0.4, -0.2) is 77.9 Å². The Hall–Kier alpha value is -2.25. The van der Waals surface area contributed by atoms with Gasteiger partial charge < -0.3 is 19.9 Å². The number of rotatable bonds is 6. The first kappa shape index (κ1) is 25.8. The third-order valence-corrected chi connectivity index (χ3v) is 7.72. The van der Waals surface area contributed by atoms with Crippen molar-refractivity contribution in [2.45, 2.75) is 90.4 Å². The predicted molar refractivity (Wildman–Crippen MR) is 135 cm³/mol. The van der Waals surface area contributed by atoms with E-state index in [4.69, 9.17) is 4.74 Å². The molecule has 3 aliphatic rings. The summed E-state index contributed by atoms with van der Waals surface area (Å²) in [5.74, 6) is 0.0368. The number of nitrogens with zero attached hydrogens (tertiary/aromatic N) is 2. The molecule has 1 aromatic carbocycles. The second-order valence-electron chi connectivity index (χ2n) is 11.9. The lowest BCUT2D eigenvalue weighted by Crippen LogP contribution is -2.53. The van der Waals surface area contributed by atoms with E-state index in [-0.39, 0.29) is 35.7 Å². The van der Waals surface area contributed by atoms with Crippen LogP contribution in [0.25, 0.3) is 0 Å². The fraction of sp³-hybridized carbons (Fsp3) is 0.679. The number of likely N-dealkylation sites (tertiary alicyclic amines) is 2. The Bertz CT molecular complexity index is 929. The van der Waals surface area contributed by atoms with Crippen molar-refractivity contribution >= 4 is 17.6 Å². The van der Waals surface area contributed by atoms with Gasteiger partial charge in [-0.05, 0) is 81.6 Å². The molecule has 2 amide bonds. The number of carbonyl (C=O) groups excluding carboxylic acids is 3. The maximum absolute atomic E-state index is 13.5. The van der Waals surface area contributed by atoms with Crippen molar-refractivity contribution in [1.29, 1.82) is 0 Å². The highest BCUT2D eigenvalue weighted by Crippen LogP contribution is 2.31. The van der Waals surface area contributed by atoms with Gasteiger partial charge in [0.15, 0.2) is 5.78 Å². The lowest BCUT2D eigenvalue weighted by Gasteiger charge is -2.34. The van der Waals surface area contributed by atoms with Crippen molar-refractivity contribution in [2.24, 2.45) is 5.41 Å². The van der Waals surface area contributed by atoms with E-state index in [0.717, 1.165) is 25.9 Å². The van der Waals surface area contributed by atoms with E-state index in [2.05, 4.69) is 57.0 Å². The quantitative estimate of drug-likeness (QED) is 0.671. The van der Waals surface area contributed by atoms with Crippen LogP contribution in [0.1, 0.15) is 82.1 Å². The third kappa shape index (κ3) is 5.95. The van der Waals surface area contributed by atoms with Gasteiger partial charge in [-0.2, -0.15) is 0 Å². The number of benzene rings is 1. The first-order chi connectivity index (χ1) is 16.5. The molecule has 0 bridgehead atoms. The largest absolute Gasteiger partial charge is 0.368 e. The molecule has 7 heteroatoms. The fourth-order valence-electron chi connectivity index (χ4n) is 5.75. The molecule has 3 fully saturated rings. The number of hydrogen-bond donors (Lipinski definition) is 1. The minimum Gasteiger partial charge on any atom is -0.368 e. The van der Waals surface area contributed by atoms with Crippen LogP contribution < -0.4 is 5.32 Å². The zero-order valence-electron chi connectivity index (χ0n) is 21.9. The molecule has 7 nitrogen and oxygen atoms in total. The molecule has 1 N–H and O–H groups in total. The number of amides is 2. The van der Waals surface area contributed by atoms with Crippen molar-refractivity contribution in [2.75, 3.05) is 26.2 Å². The number of hydrogen-bond acceptors (Lipinski definition) is 5. The molecule has 3 atom stereocenters. The summed E-state index contributed by atoms with van der Waals surface area (Å²) in [6.45, 7) is 13.4. The molecular formula is C28H41N3O4. The summed E-state index contributed by atoms with van der Waals surface area (Å²) >= 11 is 0. The number of piperidine rings is 1. The zero-order chi connectivity index (χ0) is 25.3. The van der Waals surface area contributed by atoms with Crippen LogP contribution >= 0.6 is 0 Å². The predicted octanol–water partition coefficient (Wildman–Crippen LogP) is 3.38. The number of fused-ring (bicyclic) bond motifs is 1. The highest BCUT2D eigenvalue weighted by Gasteiger charge is 2.48. The average Bonchev–Trinajstić information content (AvgIpc) is 3.40.